The van der Waals surface area contributed by atoms with E-state index in [0.29, 0.717) is 27.0 Å². The number of anilines is 2. The molecule has 6 nitrogen and oxygen atoms in total. The Balaban J connectivity index is 1.66. The van der Waals surface area contributed by atoms with E-state index in [4.69, 9.17) is 23.2 Å². The van der Waals surface area contributed by atoms with Crippen molar-refractivity contribution in [3.8, 4) is 5.69 Å². The van der Waals surface area contributed by atoms with Crippen LogP contribution in [0.1, 0.15) is 17.0 Å². The highest BCUT2D eigenvalue weighted by Gasteiger charge is 2.43. The number of para-hydroxylation sites is 2. The van der Waals surface area contributed by atoms with Gasteiger partial charge in [-0.15, -0.1) is 0 Å². The maximum atomic E-state index is 13.6. The first-order chi connectivity index (χ1) is 17.8. The molecule has 4 amide bonds. The Kier molecular flexibility index (Phi) is 6.46. The number of hydrogen-bond acceptors (Lipinski definition) is 3. The Morgan fingerprint density at radius 2 is 1.24 bits per heavy atom. The second-order valence-electron chi connectivity index (χ2n) is 8.55. The number of aryl methyl sites for hydroxylation is 1. The molecule has 1 fully saturated rings. The third-order valence-corrected chi connectivity index (χ3v) is 6.74. The standard InChI is InChI=1S/C29H21Cl2N3O3/c1-18-15-20(19(2)32(18)26-14-13-21(30)17-25(26)31)16-24-27(35)33(22-9-5-3-6-10-22)29(37)34(28(24)36)23-11-7-4-8-12-23/h3-17H,1-2H3. The zero-order valence-corrected chi connectivity index (χ0v) is 21.5. The molecule has 37 heavy (non-hydrogen) atoms. The third kappa shape index (κ3) is 4.35. The molecule has 0 N–H and O–H groups in total. The highest BCUT2D eigenvalue weighted by atomic mass is 35.5. The van der Waals surface area contributed by atoms with Gasteiger partial charge in [-0.1, -0.05) is 59.6 Å². The Morgan fingerprint density at radius 1 is 0.703 bits per heavy atom. The molecule has 5 rings (SSSR count). The normalized spacial score (nSPS) is 13.9. The molecule has 0 unspecified atom stereocenters. The van der Waals surface area contributed by atoms with Crippen molar-refractivity contribution in [3.63, 3.8) is 0 Å². The first-order valence-electron chi connectivity index (χ1n) is 11.5. The average Bonchev–Trinajstić information content (AvgIpc) is 3.16. The van der Waals surface area contributed by atoms with Crippen LogP contribution in [0.5, 0.6) is 0 Å². The van der Waals surface area contributed by atoms with Gasteiger partial charge in [-0.05, 0) is 74.0 Å². The summed E-state index contributed by atoms with van der Waals surface area (Å²) in [6.07, 6.45) is 1.53. The number of carbonyl (C=O) groups excluding carboxylic acids is 3. The first-order valence-corrected chi connectivity index (χ1v) is 12.2. The summed E-state index contributed by atoms with van der Waals surface area (Å²) in [6, 6.07) is 23.4. The van der Waals surface area contributed by atoms with Gasteiger partial charge in [0.2, 0.25) is 0 Å². The molecule has 3 aromatic carbocycles. The maximum Gasteiger partial charge on any atom is 0.343 e. The summed E-state index contributed by atoms with van der Waals surface area (Å²) < 4.78 is 1.93. The molecule has 0 atom stereocenters. The monoisotopic (exact) mass is 529 g/mol. The van der Waals surface area contributed by atoms with E-state index in [1.807, 2.05) is 30.5 Å². The fraction of sp³-hybridized carbons (Fsp3) is 0.0690. The molecule has 1 aliphatic rings. The van der Waals surface area contributed by atoms with Gasteiger partial charge in [-0.2, -0.15) is 0 Å². The predicted octanol–water partition coefficient (Wildman–Crippen LogP) is 6.98. The van der Waals surface area contributed by atoms with Crippen molar-refractivity contribution in [2.45, 2.75) is 13.8 Å². The lowest BCUT2D eigenvalue weighted by molar-refractivity contribution is -0.121. The van der Waals surface area contributed by atoms with Crippen molar-refractivity contribution in [3.05, 3.63) is 117 Å². The summed E-state index contributed by atoms with van der Waals surface area (Å²) in [7, 11) is 0. The van der Waals surface area contributed by atoms with E-state index in [1.54, 1.807) is 72.8 Å². The van der Waals surface area contributed by atoms with Gasteiger partial charge in [0, 0.05) is 16.4 Å². The number of imide groups is 2. The number of aromatic nitrogens is 1. The maximum absolute atomic E-state index is 13.6. The van der Waals surface area contributed by atoms with Gasteiger partial charge in [-0.3, -0.25) is 9.59 Å². The quantitative estimate of drug-likeness (QED) is 0.211. The van der Waals surface area contributed by atoms with Gasteiger partial charge in [0.05, 0.1) is 22.1 Å². The number of benzene rings is 3. The van der Waals surface area contributed by atoms with E-state index in [2.05, 4.69) is 0 Å². The summed E-state index contributed by atoms with van der Waals surface area (Å²) >= 11 is 12.5. The molecule has 0 bridgehead atoms. The predicted molar refractivity (Wildman–Crippen MR) is 146 cm³/mol. The Labute approximate surface area is 223 Å². The van der Waals surface area contributed by atoms with Gasteiger partial charge >= 0.3 is 6.03 Å². The molecule has 4 aromatic rings. The van der Waals surface area contributed by atoms with Crippen molar-refractivity contribution in [1.29, 1.82) is 0 Å². The van der Waals surface area contributed by atoms with Crippen LogP contribution in [0.4, 0.5) is 16.2 Å². The van der Waals surface area contributed by atoms with Crippen molar-refractivity contribution in [1.82, 2.24) is 4.57 Å². The van der Waals surface area contributed by atoms with Crippen LogP contribution < -0.4 is 9.80 Å². The van der Waals surface area contributed by atoms with Crippen molar-refractivity contribution >= 4 is 58.5 Å². The number of barbiturate groups is 1. The zero-order valence-electron chi connectivity index (χ0n) is 20.0. The molecule has 0 saturated carbocycles. The van der Waals surface area contributed by atoms with E-state index in [1.165, 1.54) is 6.08 Å². The molecule has 0 aliphatic carbocycles. The average molecular weight is 530 g/mol. The largest absolute Gasteiger partial charge is 0.343 e. The van der Waals surface area contributed by atoms with Gasteiger partial charge in [0.15, 0.2) is 0 Å². The van der Waals surface area contributed by atoms with E-state index < -0.39 is 17.8 Å². The van der Waals surface area contributed by atoms with Crippen molar-refractivity contribution in [2.75, 3.05) is 9.80 Å². The van der Waals surface area contributed by atoms with Gasteiger partial charge in [0.25, 0.3) is 11.8 Å². The minimum Gasteiger partial charge on any atom is -0.316 e. The lowest BCUT2D eigenvalue weighted by Crippen LogP contribution is -2.57. The smallest absolute Gasteiger partial charge is 0.316 e. The number of amides is 4. The van der Waals surface area contributed by atoms with Crippen LogP contribution in [0.25, 0.3) is 11.8 Å². The number of urea groups is 1. The lowest BCUT2D eigenvalue weighted by atomic mass is 10.0. The summed E-state index contributed by atoms with van der Waals surface area (Å²) in [5.74, 6) is -1.38. The van der Waals surface area contributed by atoms with Gasteiger partial charge in [0.1, 0.15) is 5.57 Å². The van der Waals surface area contributed by atoms with Crippen LogP contribution >= 0.6 is 23.2 Å². The summed E-state index contributed by atoms with van der Waals surface area (Å²) in [4.78, 5) is 42.8. The number of rotatable bonds is 4. The lowest BCUT2D eigenvalue weighted by Gasteiger charge is -2.33. The minimum absolute atomic E-state index is 0.130. The summed E-state index contributed by atoms with van der Waals surface area (Å²) in [5, 5.41) is 0.984. The van der Waals surface area contributed by atoms with E-state index >= 15 is 0 Å². The number of halogens is 2. The summed E-state index contributed by atoms with van der Waals surface area (Å²) in [5.41, 5.74) is 3.60. The zero-order chi connectivity index (χ0) is 26.3. The van der Waals surface area contributed by atoms with E-state index in [-0.39, 0.29) is 5.57 Å². The number of carbonyl (C=O) groups is 3. The molecule has 2 heterocycles. The SMILES string of the molecule is Cc1cc(C=C2C(=O)N(c3ccccc3)C(=O)N(c3ccccc3)C2=O)c(C)n1-c1ccc(Cl)cc1Cl. The van der Waals surface area contributed by atoms with Crippen LogP contribution in [0, 0.1) is 13.8 Å². The number of hydrogen-bond donors (Lipinski definition) is 0. The molecule has 1 aliphatic heterocycles. The molecule has 1 aromatic heterocycles. The highest BCUT2D eigenvalue weighted by Crippen LogP contribution is 2.32. The number of nitrogens with zero attached hydrogens (tertiary/aromatic N) is 3. The second-order valence-corrected chi connectivity index (χ2v) is 9.39. The molecule has 8 heteroatoms. The Morgan fingerprint density at radius 3 is 1.76 bits per heavy atom. The molecule has 0 spiro atoms. The van der Waals surface area contributed by atoms with Crippen LogP contribution in [-0.2, 0) is 9.59 Å². The third-order valence-electron chi connectivity index (χ3n) is 6.20. The van der Waals surface area contributed by atoms with Crippen molar-refractivity contribution < 1.29 is 14.4 Å². The highest BCUT2D eigenvalue weighted by molar-refractivity contribution is 6.46. The van der Waals surface area contributed by atoms with Crippen molar-refractivity contribution in [2.24, 2.45) is 0 Å². The topological polar surface area (TPSA) is 62.6 Å². The Hall–Kier alpha value is -4.13. The van der Waals surface area contributed by atoms with Gasteiger partial charge < -0.3 is 4.57 Å². The fourth-order valence-corrected chi connectivity index (χ4v) is 4.95. The molecular weight excluding hydrogens is 509 g/mol. The van der Waals surface area contributed by atoms with Crippen LogP contribution in [0.3, 0.4) is 0 Å². The first kappa shape index (κ1) is 24.6. The molecular formula is C29H21Cl2N3O3. The van der Waals surface area contributed by atoms with Crippen LogP contribution in [0.15, 0.2) is 90.5 Å². The van der Waals surface area contributed by atoms with E-state index in [9.17, 15) is 14.4 Å². The Bertz CT molecular complexity index is 1510. The molecule has 1 saturated heterocycles. The minimum atomic E-state index is -0.733. The fourth-order valence-electron chi connectivity index (χ4n) is 4.46. The summed E-state index contributed by atoms with van der Waals surface area (Å²) in [6.45, 7) is 3.78. The van der Waals surface area contributed by atoms with E-state index in [0.717, 1.165) is 26.9 Å². The second kappa shape index (κ2) is 9.73. The molecule has 184 valence electrons. The van der Waals surface area contributed by atoms with Gasteiger partial charge in [-0.25, -0.2) is 14.6 Å². The molecule has 0 radical (unpaired) electrons. The van der Waals surface area contributed by atoms with Crippen LogP contribution in [0.2, 0.25) is 10.0 Å². The van der Waals surface area contributed by atoms with Crippen LogP contribution in [-0.4, -0.2) is 22.4 Å².